The molecule has 0 atom stereocenters. The molecule has 0 aliphatic heterocycles. The molecule has 0 aliphatic carbocycles. The van der Waals surface area contributed by atoms with E-state index in [1.54, 1.807) is 0 Å². The standard InChI is InChI=1S/C15H12BrClN2/c1-10-5-6-13-14(7-10)19(15(9-17)18-13)12-4-2-3-11(16)8-12/h2-8H,9H2,1H3. The van der Waals surface area contributed by atoms with Crippen LogP contribution < -0.4 is 0 Å². The number of halogens is 2. The predicted octanol–water partition coefficient (Wildman–Crippen LogP) is 4.84. The van der Waals surface area contributed by atoms with E-state index in [1.165, 1.54) is 5.56 Å². The summed E-state index contributed by atoms with van der Waals surface area (Å²) in [5, 5.41) is 0. The SMILES string of the molecule is Cc1ccc2nc(CCl)n(-c3cccc(Br)c3)c2c1. The van der Waals surface area contributed by atoms with Crippen LogP contribution in [-0.4, -0.2) is 9.55 Å². The normalized spacial score (nSPS) is 11.1. The Hall–Kier alpha value is -1.32. The third-order valence-electron chi connectivity index (χ3n) is 3.07. The summed E-state index contributed by atoms with van der Waals surface area (Å²) in [6.45, 7) is 2.08. The molecule has 2 nitrogen and oxygen atoms in total. The number of hydrogen-bond acceptors (Lipinski definition) is 1. The van der Waals surface area contributed by atoms with Crippen molar-refractivity contribution in [3.05, 3.63) is 58.3 Å². The van der Waals surface area contributed by atoms with E-state index in [0.717, 1.165) is 27.0 Å². The molecule has 0 spiro atoms. The Labute approximate surface area is 125 Å². The molecule has 4 heteroatoms. The van der Waals surface area contributed by atoms with Crippen molar-refractivity contribution in [2.24, 2.45) is 0 Å². The maximum atomic E-state index is 6.04. The average molecular weight is 336 g/mol. The Morgan fingerprint density at radius 1 is 1.21 bits per heavy atom. The van der Waals surface area contributed by atoms with Gasteiger partial charge in [-0.2, -0.15) is 0 Å². The third kappa shape index (κ3) is 2.28. The van der Waals surface area contributed by atoms with Crippen molar-refractivity contribution in [3.8, 4) is 5.69 Å². The largest absolute Gasteiger partial charge is 0.295 e. The van der Waals surface area contributed by atoms with Gasteiger partial charge >= 0.3 is 0 Å². The monoisotopic (exact) mass is 334 g/mol. The lowest BCUT2D eigenvalue weighted by atomic mass is 10.2. The molecule has 0 amide bonds. The first-order valence-corrected chi connectivity index (χ1v) is 7.31. The molecule has 3 rings (SSSR count). The van der Waals surface area contributed by atoms with E-state index in [-0.39, 0.29) is 0 Å². The highest BCUT2D eigenvalue weighted by atomic mass is 79.9. The van der Waals surface area contributed by atoms with Gasteiger partial charge in [-0.15, -0.1) is 11.6 Å². The van der Waals surface area contributed by atoms with Gasteiger partial charge in [0.05, 0.1) is 16.9 Å². The first kappa shape index (κ1) is 12.7. The molecule has 1 heterocycles. The fraction of sp³-hybridized carbons (Fsp3) is 0.133. The Bertz CT molecular complexity index is 749. The molecule has 0 saturated carbocycles. The molecule has 0 fully saturated rings. The molecule has 2 aromatic carbocycles. The summed E-state index contributed by atoms with van der Waals surface area (Å²) in [6.07, 6.45) is 0. The molecule has 3 aromatic rings. The fourth-order valence-electron chi connectivity index (χ4n) is 2.23. The van der Waals surface area contributed by atoms with E-state index in [9.17, 15) is 0 Å². The first-order chi connectivity index (χ1) is 9.19. The van der Waals surface area contributed by atoms with Crippen LogP contribution in [0.1, 0.15) is 11.4 Å². The first-order valence-electron chi connectivity index (χ1n) is 5.99. The van der Waals surface area contributed by atoms with Gasteiger partial charge in [0, 0.05) is 10.2 Å². The fourth-order valence-corrected chi connectivity index (χ4v) is 2.79. The molecular formula is C15H12BrClN2. The topological polar surface area (TPSA) is 17.8 Å². The van der Waals surface area contributed by atoms with Gasteiger partial charge in [-0.3, -0.25) is 4.57 Å². The van der Waals surface area contributed by atoms with Gasteiger partial charge in [0.15, 0.2) is 0 Å². The van der Waals surface area contributed by atoms with Crippen molar-refractivity contribution < 1.29 is 0 Å². The lowest BCUT2D eigenvalue weighted by Crippen LogP contribution is -1.99. The number of rotatable bonds is 2. The smallest absolute Gasteiger partial charge is 0.129 e. The molecule has 0 radical (unpaired) electrons. The van der Waals surface area contributed by atoms with Crippen molar-refractivity contribution >= 4 is 38.6 Å². The van der Waals surface area contributed by atoms with E-state index in [0.29, 0.717) is 5.88 Å². The summed E-state index contributed by atoms with van der Waals surface area (Å²) in [7, 11) is 0. The highest BCUT2D eigenvalue weighted by Gasteiger charge is 2.11. The number of imidazole rings is 1. The Balaban J connectivity index is 2.34. The van der Waals surface area contributed by atoms with Gasteiger partial charge in [-0.1, -0.05) is 28.1 Å². The van der Waals surface area contributed by atoms with Crippen LogP contribution in [-0.2, 0) is 5.88 Å². The van der Waals surface area contributed by atoms with Crippen LogP contribution in [0.5, 0.6) is 0 Å². The molecule has 96 valence electrons. The highest BCUT2D eigenvalue weighted by Crippen LogP contribution is 2.25. The van der Waals surface area contributed by atoms with Crippen LogP contribution in [0.25, 0.3) is 16.7 Å². The number of aromatic nitrogens is 2. The molecule has 0 unspecified atom stereocenters. The maximum Gasteiger partial charge on any atom is 0.129 e. The summed E-state index contributed by atoms with van der Waals surface area (Å²) in [5.74, 6) is 1.25. The van der Waals surface area contributed by atoms with Gasteiger partial charge in [0.25, 0.3) is 0 Å². The second kappa shape index (κ2) is 4.99. The van der Waals surface area contributed by atoms with Crippen molar-refractivity contribution in [2.45, 2.75) is 12.8 Å². The Morgan fingerprint density at radius 3 is 2.79 bits per heavy atom. The molecular weight excluding hydrogens is 324 g/mol. The van der Waals surface area contributed by atoms with Gasteiger partial charge in [-0.05, 0) is 42.8 Å². The number of hydrogen-bond donors (Lipinski definition) is 0. The van der Waals surface area contributed by atoms with Crippen molar-refractivity contribution in [3.63, 3.8) is 0 Å². The summed E-state index contributed by atoms with van der Waals surface area (Å²) in [5.41, 5.74) is 4.35. The number of aryl methyl sites for hydroxylation is 1. The van der Waals surface area contributed by atoms with Crippen molar-refractivity contribution in [2.75, 3.05) is 0 Å². The van der Waals surface area contributed by atoms with E-state index in [1.807, 2.05) is 18.2 Å². The second-order valence-corrected chi connectivity index (χ2v) is 5.65. The summed E-state index contributed by atoms with van der Waals surface area (Å²) in [6, 6.07) is 14.4. The summed E-state index contributed by atoms with van der Waals surface area (Å²) >= 11 is 9.54. The number of fused-ring (bicyclic) bond motifs is 1. The van der Waals surface area contributed by atoms with E-state index in [4.69, 9.17) is 11.6 Å². The Morgan fingerprint density at radius 2 is 2.05 bits per heavy atom. The minimum absolute atomic E-state index is 0.389. The zero-order valence-corrected chi connectivity index (χ0v) is 12.7. The van der Waals surface area contributed by atoms with Crippen LogP contribution in [0.3, 0.4) is 0 Å². The Kier molecular flexibility index (Phi) is 3.33. The van der Waals surface area contributed by atoms with Crippen LogP contribution in [0.2, 0.25) is 0 Å². The van der Waals surface area contributed by atoms with Gasteiger partial charge in [0.1, 0.15) is 5.82 Å². The van der Waals surface area contributed by atoms with Crippen LogP contribution >= 0.6 is 27.5 Å². The molecule has 0 aliphatic rings. The van der Waals surface area contributed by atoms with Crippen molar-refractivity contribution in [1.29, 1.82) is 0 Å². The summed E-state index contributed by atoms with van der Waals surface area (Å²) in [4.78, 5) is 4.59. The zero-order valence-electron chi connectivity index (χ0n) is 10.4. The molecule has 0 N–H and O–H groups in total. The van der Waals surface area contributed by atoms with Gasteiger partial charge in [-0.25, -0.2) is 4.98 Å². The lowest BCUT2D eigenvalue weighted by molar-refractivity contribution is 0.981. The van der Waals surface area contributed by atoms with Gasteiger partial charge in [0.2, 0.25) is 0 Å². The number of benzene rings is 2. The zero-order chi connectivity index (χ0) is 13.4. The number of alkyl halides is 1. The highest BCUT2D eigenvalue weighted by molar-refractivity contribution is 9.10. The molecule has 1 aromatic heterocycles. The number of nitrogens with zero attached hydrogens (tertiary/aromatic N) is 2. The van der Waals surface area contributed by atoms with E-state index < -0.39 is 0 Å². The molecule has 19 heavy (non-hydrogen) atoms. The minimum Gasteiger partial charge on any atom is -0.295 e. The lowest BCUT2D eigenvalue weighted by Gasteiger charge is -2.08. The van der Waals surface area contributed by atoms with Crippen LogP contribution in [0.4, 0.5) is 0 Å². The summed E-state index contributed by atoms with van der Waals surface area (Å²) < 4.78 is 3.15. The van der Waals surface area contributed by atoms with Crippen molar-refractivity contribution in [1.82, 2.24) is 9.55 Å². The average Bonchev–Trinajstić information content (AvgIpc) is 2.76. The molecule has 0 bridgehead atoms. The van der Waals surface area contributed by atoms with E-state index >= 15 is 0 Å². The second-order valence-electron chi connectivity index (χ2n) is 4.47. The quantitative estimate of drug-likeness (QED) is 0.613. The maximum absolute atomic E-state index is 6.04. The van der Waals surface area contributed by atoms with Crippen LogP contribution in [0, 0.1) is 6.92 Å². The minimum atomic E-state index is 0.389. The molecule has 0 saturated heterocycles. The van der Waals surface area contributed by atoms with Gasteiger partial charge < -0.3 is 0 Å². The van der Waals surface area contributed by atoms with Crippen LogP contribution in [0.15, 0.2) is 46.9 Å². The van der Waals surface area contributed by atoms with E-state index in [2.05, 4.69) is 56.7 Å². The predicted molar refractivity (Wildman–Crippen MR) is 83.1 cm³/mol. The third-order valence-corrected chi connectivity index (χ3v) is 3.80.